The Morgan fingerprint density at radius 3 is 2.50 bits per heavy atom. The zero-order valence-corrected chi connectivity index (χ0v) is 14.7. The van der Waals surface area contributed by atoms with Crippen molar-refractivity contribution in [3.63, 3.8) is 0 Å². The quantitative estimate of drug-likeness (QED) is 0.800. The Hall–Kier alpha value is -1.72. The predicted octanol–water partition coefficient (Wildman–Crippen LogP) is 3.70. The number of aliphatic hydroxyl groups excluding tert-OH is 1. The highest BCUT2D eigenvalue weighted by atomic mass is 16.5. The van der Waals surface area contributed by atoms with E-state index in [0.717, 1.165) is 30.8 Å². The van der Waals surface area contributed by atoms with Crippen LogP contribution in [-0.2, 0) is 0 Å². The number of hydrogen-bond donors (Lipinski definition) is 1. The molecule has 1 aliphatic rings. The summed E-state index contributed by atoms with van der Waals surface area (Å²) in [6.45, 7) is 7.84. The monoisotopic (exact) mass is 329 g/mol. The molecule has 1 fully saturated rings. The molecule has 0 amide bonds. The van der Waals surface area contributed by atoms with Gasteiger partial charge in [0.1, 0.15) is 0 Å². The molecule has 2 aromatic rings. The van der Waals surface area contributed by atoms with Crippen molar-refractivity contribution in [1.82, 2.24) is 15.0 Å². The Bertz CT molecular complexity index is 637. The molecule has 0 spiro atoms. The predicted molar refractivity (Wildman–Crippen MR) is 92.5 cm³/mol. The van der Waals surface area contributed by atoms with Crippen molar-refractivity contribution in [1.29, 1.82) is 0 Å². The average Bonchev–Trinajstić information content (AvgIpc) is 3.31. The summed E-state index contributed by atoms with van der Waals surface area (Å²) >= 11 is 0. The first kappa shape index (κ1) is 17.1. The van der Waals surface area contributed by atoms with Crippen LogP contribution in [0.3, 0.4) is 0 Å². The second-order valence-electron chi connectivity index (χ2n) is 7.22. The van der Waals surface area contributed by atoms with Crippen LogP contribution in [0.25, 0.3) is 0 Å². The smallest absolute Gasteiger partial charge is 0.243 e. The lowest BCUT2D eigenvalue weighted by Crippen LogP contribution is -2.34. The van der Waals surface area contributed by atoms with Crippen LogP contribution in [0.2, 0.25) is 0 Å². The summed E-state index contributed by atoms with van der Waals surface area (Å²) in [7, 11) is 0. The zero-order chi connectivity index (χ0) is 17.1. The Morgan fingerprint density at radius 2 is 1.88 bits per heavy atom. The van der Waals surface area contributed by atoms with E-state index >= 15 is 0 Å². The van der Waals surface area contributed by atoms with E-state index in [-0.39, 0.29) is 6.04 Å². The summed E-state index contributed by atoms with van der Waals surface area (Å²) in [5.74, 6) is 2.46. The first-order valence-electron chi connectivity index (χ1n) is 8.85. The van der Waals surface area contributed by atoms with Gasteiger partial charge < -0.3 is 9.63 Å². The summed E-state index contributed by atoms with van der Waals surface area (Å²) in [4.78, 5) is 6.81. The van der Waals surface area contributed by atoms with Crippen LogP contribution in [0.1, 0.15) is 69.0 Å². The maximum absolute atomic E-state index is 10.6. The maximum atomic E-state index is 10.6. The summed E-state index contributed by atoms with van der Waals surface area (Å²) in [5.41, 5.74) is 0.933. The molecule has 130 valence electrons. The van der Waals surface area contributed by atoms with Crippen molar-refractivity contribution in [2.45, 2.75) is 51.7 Å². The lowest BCUT2D eigenvalue weighted by molar-refractivity contribution is 0.0723. The van der Waals surface area contributed by atoms with Gasteiger partial charge in [0.05, 0.1) is 12.1 Å². The zero-order valence-electron chi connectivity index (χ0n) is 14.7. The largest absolute Gasteiger partial charge is 0.387 e. The van der Waals surface area contributed by atoms with Crippen LogP contribution in [0.15, 0.2) is 34.9 Å². The molecule has 0 bridgehead atoms. The molecule has 0 radical (unpaired) electrons. The number of aliphatic hydroxyl groups is 1. The second-order valence-corrected chi connectivity index (χ2v) is 7.22. The number of nitrogens with zero attached hydrogens (tertiary/aromatic N) is 3. The normalized spacial score (nSPS) is 17.4. The van der Waals surface area contributed by atoms with Gasteiger partial charge >= 0.3 is 0 Å². The lowest BCUT2D eigenvalue weighted by Gasteiger charge is -2.30. The Kier molecular flexibility index (Phi) is 5.31. The van der Waals surface area contributed by atoms with E-state index in [1.54, 1.807) is 0 Å². The van der Waals surface area contributed by atoms with Gasteiger partial charge in [-0.05, 0) is 31.2 Å². The number of aromatic nitrogens is 2. The molecule has 0 aliphatic heterocycles. The molecule has 2 atom stereocenters. The van der Waals surface area contributed by atoms with Crippen LogP contribution >= 0.6 is 0 Å². The minimum Gasteiger partial charge on any atom is -0.387 e. The van der Waals surface area contributed by atoms with Gasteiger partial charge in [-0.15, -0.1) is 0 Å². The van der Waals surface area contributed by atoms with E-state index in [1.807, 2.05) is 30.3 Å². The molecule has 1 N–H and O–H groups in total. The van der Waals surface area contributed by atoms with Gasteiger partial charge in [-0.1, -0.05) is 49.3 Å². The molecule has 0 unspecified atom stereocenters. The molecule has 1 aromatic heterocycles. The number of hydrogen-bond acceptors (Lipinski definition) is 5. The summed E-state index contributed by atoms with van der Waals surface area (Å²) in [6.07, 6.45) is 1.80. The first-order valence-corrected chi connectivity index (χ1v) is 8.85. The first-order chi connectivity index (χ1) is 11.5. The fraction of sp³-hybridized carbons (Fsp3) is 0.579. The molecule has 1 aliphatic carbocycles. The molecule has 1 heterocycles. The summed E-state index contributed by atoms with van der Waals surface area (Å²) in [5, 5.41) is 14.7. The highest BCUT2D eigenvalue weighted by molar-refractivity contribution is 5.17. The van der Waals surface area contributed by atoms with Gasteiger partial charge in [0.25, 0.3) is 0 Å². The molecule has 5 heteroatoms. The molecule has 1 saturated carbocycles. The van der Waals surface area contributed by atoms with Crippen molar-refractivity contribution >= 4 is 0 Å². The number of rotatable bonds is 8. The van der Waals surface area contributed by atoms with E-state index in [9.17, 15) is 5.11 Å². The van der Waals surface area contributed by atoms with Gasteiger partial charge in [-0.2, -0.15) is 4.98 Å². The Morgan fingerprint density at radius 1 is 1.17 bits per heavy atom. The van der Waals surface area contributed by atoms with Gasteiger partial charge in [-0.25, -0.2) is 0 Å². The van der Waals surface area contributed by atoms with E-state index in [2.05, 4.69) is 35.8 Å². The highest BCUT2D eigenvalue weighted by Crippen LogP contribution is 2.38. The van der Waals surface area contributed by atoms with Crippen LogP contribution in [0, 0.1) is 5.92 Å². The van der Waals surface area contributed by atoms with E-state index in [4.69, 9.17) is 4.52 Å². The van der Waals surface area contributed by atoms with Crippen LogP contribution in [0.4, 0.5) is 0 Å². The lowest BCUT2D eigenvalue weighted by atomic mass is 10.1. The van der Waals surface area contributed by atoms with Crippen molar-refractivity contribution in [2.24, 2.45) is 5.92 Å². The van der Waals surface area contributed by atoms with Crippen molar-refractivity contribution in [3.8, 4) is 0 Å². The standard InChI is InChI=1S/C19H27N3O2/c1-13(2)11-22(12-17(23)15-7-5-4-6-8-15)14(3)19-20-18(21-24-19)16-9-10-16/h4-8,13-14,16-17,23H,9-12H2,1-3H3/t14-,17+/m1/s1. The molecule has 1 aromatic carbocycles. The van der Waals surface area contributed by atoms with Crippen LogP contribution in [0.5, 0.6) is 0 Å². The molecule has 24 heavy (non-hydrogen) atoms. The summed E-state index contributed by atoms with van der Waals surface area (Å²) in [6, 6.07) is 9.78. The Labute approximate surface area is 143 Å². The summed E-state index contributed by atoms with van der Waals surface area (Å²) < 4.78 is 5.49. The minimum absolute atomic E-state index is 0.00855. The van der Waals surface area contributed by atoms with E-state index in [1.165, 1.54) is 0 Å². The minimum atomic E-state index is -0.529. The number of benzene rings is 1. The molecule has 5 nitrogen and oxygen atoms in total. The molecular formula is C19H27N3O2. The third-order valence-electron chi connectivity index (χ3n) is 4.50. The SMILES string of the molecule is CC(C)CN(C[C@H](O)c1ccccc1)[C@H](C)c1nc(C2CC2)no1. The van der Waals surface area contributed by atoms with Crippen LogP contribution < -0.4 is 0 Å². The van der Waals surface area contributed by atoms with Gasteiger partial charge in [0.15, 0.2) is 5.82 Å². The van der Waals surface area contributed by atoms with Crippen molar-refractivity contribution < 1.29 is 9.63 Å². The van der Waals surface area contributed by atoms with E-state index in [0.29, 0.717) is 24.3 Å². The highest BCUT2D eigenvalue weighted by Gasteiger charge is 2.31. The van der Waals surface area contributed by atoms with Crippen molar-refractivity contribution in [2.75, 3.05) is 13.1 Å². The Balaban J connectivity index is 1.72. The van der Waals surface area contributed by atoms with Gasteiger partial charge in [-0.3, -0.25) is 4.90 Å². The van der Waals surface area contributed by atoms with E-state index < -0.39 is 6.10 Å². The average molecular weight is 329 g/mol. The molecular weight excluding hydrogens is 302 g/mol. The van der Waals surface area contributed by atoms with Gasteiger partial charge in [0.2, 0.25) is 5.89 Å². The third kappa shape index (κ3) is 4.22. The third-order valence-corrected chi connectivity index (χ3v) is 4.50. The van der Waals surface area contributed by atoms with Gasteiger partial charge in [0, 0.05) is 19.0 Å². The van der Waals surface area contributed by atoms with Crippen LogP contribution in [-0.4, -0.2) is 33.2 Å². The van der Waals surface area contributed by atoms with Crippen molar-refractivity contribution in [3.05, 3.63) is 47.6 Å². The molecule has 3 rings (SSSR count). The fourth-order valence-electron chi connectivity index (χ4n) is 2.94. The topological polar surface area (TPSA) is 62.4 Å². The fourth-order valence-corrected chi connectivity index (χ4v) is 2.94. The molecule has 0 saturated heterocycles. The second kappa shape index (κ2) is 7.45. The maximum Gasteiger partial charge on any atom is 0.243 e.